The minimum atomic E-state index is -0.685. The molecule has 2 rings (SSSR count). The average molecular weight is 498 g/mol. The SMILES string of the molecule is CCOC(=O)/C([N-]N)=C(/N)c1ccc2cc(Cl)ccc2n1.[Ir]. The molecule has 4 N–H and O–H groups in total. The molecular weight excluding hydrogens is 484 g/mol. The van der Waals surface area contributed by atoms with E-state index in [-0.39, 0.29) is 38.1 Å². The average Bonchev–Trinajstić information content (AvgIpc) is 2.47. The molecule has 6 nitrogen and oxygen atoms in total. The summed E-state index contributed by atoms with van der Waals surface area (Å²) in [5, 5.41) is 1.48. The molecule has 0 unspecified atom stereocenters. The number of fused-ring (bicyclic) bond motifs is 1. The number of esters is 1. The molecule has 119 valence electrons. The van der Waals surface area contributed by atoms with Crippen LogP contribution in [0.3, 0.4) is 0 Å². The number of pyridine rings is 1. The number of hydrogen-bond acceptors (Lipinski definition) is 5. The molecule has 0 bridgehead atoms. The van der Waals surface area contributed by atoms with Crippen molar-refractivity contribution < 1.29 is 29.6 Å². The molecular formula is C14H14ClIrN4O2-. The Labute approximate surface area is 146 Å². The van der Waals surface area contributed by atoms with Crippen LogP contribution in [0.2, 0.25) is 5.02 Å². The number of benzene rings is 1. The van der Waals surface area contributed by atoms with Crippen molar-refractivity contribution in [3.8, 4) is 0 Å². The molecule has 0 amide bonds. The number of carbonyl (C=O) groups is 1. The second-order valence-electron chi connectivity index (χ2n) is 4.15. The van der Waals surface area contributed by atoms with Gasteiger partial charge in [0.1, 0.15) is 0 Å². The van der Waals surface area contributed by atoms with E-state index in [0.29, 0.717) is 16.2 Å². The number of aromatic nitrogens is 1. The van der Waals surface area contributed by atoms with Crippen LogP contribution < -0.4 is 11.6 Å². The summed E-state index contributed by atoms with van der Waals surface area (Å²) in [4.78, 5) is 16.1. The molecule has 0 aliphatic rings. The number of rotatable bonds is 4. The molecule has 0 aliphatic heterocycles. The number of hydrogen-bond donors (Lipinski definition) is 2. The van der Waals surface area contributed by atoms with Gasteiger partial charge in [-0.1, -0.05) is 17.7 Å². The van der Waals surface area contributed by atoms with Crippen LogP contribution in [0.4, 0.5) is 0 Å². The Hall–Kier alpha value is -1.66. The van der Waals surface area contributed by atoms with Crippen molar-refractivity contribution in [2.45, 2.75) is 6.92 Å². The Balaban J connectivity index is 0.00000242. The van der Waals surface area contributed by atoms with Crippen LogP contribution in [0.1, 0.15) is 12.6 Å². The normalized spacial score (nSPS) is 11.4. The van der Waals surface area contributed by atoms with Crippen LogP contribution in [0.15, 0.2) is 36.0 Å². The number of carbonyl (C=O) groups excluding carboxylic acids is 1. The molecule has 0 aliphatic carbocycles. The summed E-state index contributed by atoms with van der Waals surface area (Å²) >= 11 is 5.92. The van der Waals surface area contributed by atoms with Crippen molar-refractivity contribution in [1.82, 2.24) is 4.98 Å². The Morgan fingerprint density at radius 2 is 2.09 bits per heavy atom. The Morgan fingerprint density at radius 1 is 1.36 bits per heavy atom. The first kappa shape index (κ1) is 18.4. The molecule has 0 saturated heterocycles. The van der Waals surface area contributed by atoms with Crippen molar-refractivity contribution in [2.24, 2.45) is 11.6 Å². The summed E-state index contributed by atoms with van der Waals surface area (Å²) < 4.78 is 4.84. The Morgan fingerprint density at radius 3 is 2.73 bits per heavy atom. The summed E-state index contributed by atoms with van der Waals surface area (Å²) in [5.74, 6) is 4.53. The third kappa shape index (κ3) is 3.95. The molecule has 0 spiro atoms. The van der Waals surface area contributed by atoms with Crippen molar-refractivity contribution in [2.75, 3.05) is 6.61 Å². The standard InChI is InChI=1S/C14H15ClN4O2.Ir/c1-2-21-14(20)13(19-17)12(16)11-5-3-8-7-9(15)4-6-10(8)18-11;/h3-7H,2H2,1H3,(H5,16,17,18,19,20);/p-1. The molecule has 0 fully saturated rings. The largest absolute Gasteiger partial charge is 0.618 e. The van der Waals surface area contributed by atoms with Crippen molar-refractivity contribution >= 4 is 34.2 Å². The van der Waals surface area contributed by atoms with Crippen LogP contribution in [-0.4, -0.2) is 17.6 Å². The maximum Gasteiger partial charge on any atom is 0.318 e. The summed E-state index contributed by atoms with van der Waals surface area (Å²) in [5.41, 5.74) is 10.3. The first-order valence-corrected chi connectivity index (χ1v) is 6.59. The van der Waals surface area contributed by atoms with E-state index in [9.17, 15) is 4.79 Å². The van der Waals surface area contributed by atoms with Crippen LogP contribution in [0.5, 0.6) is 0 Å². The number of halogens is 1. The van der Waals surface area contributed by atoms with Gasteiger partial charge in [0.25, 0.3) is 0 Å². The van der Waals surface area contributed by atoms with E-state index < -0.39 is 5.97 Å². The maximum absolute atomic E-state index is 11.7. The smallest absolute Gasteiger partial charge is 0.318 e. The zero-order valence-corrected chi connectivity index (χ0v) is 14.8. The summed E-state index contributed by atoms with van der Waals surface area (Å²) in [6, 6.07) is 8.74. The molecule has 8 heteroatoms. The zero-order chi connectivity index (χ0) is 15.4. The minimum absolute atomic E-state index is 0. The predicted octanol–water partition coefficient (Wildman–Crippen LogP) is 2.32. The molecule has 0 atom stereocenters. The van der Waals surface area contributed by atoms with Gasteiger partial charge in [-0.15, -0.1) is 0 Å². The quantitative estimate of drug-likeness (QED) is 0.292. The zero-order valence-electron chi connectivity index (χ0n) is 11.7. The Bertz CT molecular complexity index is 721. The van der Waals surface area contributed by atoms with E-state index in [2.05, 4.69) is 10.4 Å². The van der Waals surface area contributed by atoms with Gasteiger partial charge in [-0.3, -0.25) is 0 Å². The second kappa shape index (κ2) is 8.10. The Kier molecular flexibility index (Phi) is 6.77. The summed E-state index contributed by atoms with van der Waals surface area (Å²) in [6.07, 6.45) is 0. The van der Waals surface area contributed by atoms with Gasteiger partial charge in [0.05, 0.1) is 23.5 Å². The van der Waals surface area contributed by atoms with Crippen LogP contribution in [-0.2, 0) is 29.6 Å². The van der Waals surface area contributed by atoms with Gasteiger partial charge >= 0.3 is 5.97 Å². The van der Waals surface area contributed by atoms with E-state index in [1.54, 1.807) is 37.3 Å². The van der Waals surface area contributed by atoms with E-state index in [1.807, 2.05) is 0 Å². The fraction of sp³-hybridized carbons (Fsp3) is 0.143. The number of nitrogens with two attached hydrogens (primary N) is 2. The number of nitrogens with zero attached hydrogens (tertiary/aromatic N) is 2. The van der Waals surface area contributed by atoms with Gasteiger partial charge in [0.15, 0.2) is 0 Å². The molecule has 22 heavy (non-hydrogen) atoms. The van der Waals surface area contributed by atoms with E-state index in [0.717, 1.165) is 5.39 Å². The predicted molar refractivity (Wildman–Crippen MR) is 82.0 cm³/mol. The molecule has 1 heterocycles. The molecule has 0 saturated carbocycles. The van der Waals surface area contributed by atoms with Crippen molar-refractivity contribution in [3.63, 3.8) is 0 Å². The first-order valence-electron chi connectivity index (χ1n) is 6.21. The second-order valence-corrected chi connectivity index (χ2v) is 4.58. The monoisotopic (exact) mass is 498 g/mol. The number of ether oxygens (including phenoxy) is 1. The van der Waals surface area contributed by atoms with Crippen molar-refractivity contribution in [1.29, 1.82) is 0 Å². The fourth-order valence-electron chi connectivity index (χ4n) is 1.80. The summed E-state index contributed by atoms with van der Waals surface area (Å²) in [6.45, 7) is 1.88. The third-order valence-electron chi connectivity index (χ3n) is 2.78. The maximum atomic E-state index is 11.7. The van der Waals surface area contributed by atoms with Crippen LogP contribution >= 0.6 is 11.6 Å². The molecule has 1 aromatic heterocycles. The van der Waals surface area contributed by atoms with Crippen LogP contribution in [0.25, 0.3) is 22.0 Å². The molecule has 2 aromatic rings. The third-order valence-corrected chi connectivity index (χ3v) is 3.02. The molecule has 1 radical (unpaired) electrons. The minimum Gasteiger partial charge on any atom is -0.618 e. The fourth-order valence-corrected chi connectivity index (χ4v) is 1.98. The molecule has 1 aromatic carbocycles. The summed E-state index contributed by atoms with van der Waals surface area (Å²) in [7, 11) is 0. The first-order chi connectivity index (χ1) is 10.1. The van der Waals surface area contributed by atoms with Gasteiger partial charge in [-0.05, 0) is 36.9 Å². The van der Waals surface area contributed by atoms with E-state index in [1.165, 1.54) is 0 Å². The van der Waals surface area contributed by atoms with Crippen molar-refractivity contribution in [3.05, 3.63) is 52.2 Å². The van der Waals surface area contributed by atoms with Gasteiger partial charge in [0, 0.05) is 30.5 Å². The van der Waals surface area contributed by atoms with E-state index in [4.69, 9.17) is 27.9 Å². The van der Waals surface area contributed by atoms with Gasteiger partial charge < -0.3 is 21.7 Å². The topological polar surface area (TPSA) is 105 Å². The van der Waals surface area contributed by atoms with Gasteiger partial charge in [0.2, 0.25) is 0 Å². The van der Waals surface area contributed by atoms with Gasteiger partial charge in [-0.25, -0.2) is 9.78 Å². The van der Waals surface area contributed by atoms with E-state index >= 15 is 0 Å². The van der Waals surface area contributed by atoms with Gasteiger partial charge in [-0.2, -0.15) is 0 Å². The van der Waals surface area contributed by atoms with Crippen LogP contribution in [0, 0.1) is 0 Å².